The number of esters is 1. The van der Waals surface area contributed by atoms with Crippen molar-refractivity contribution in [3.63, 3.8) is 0 Å². The molecule has 0 heterocycles. The van der Waals surface area contributed by atoms with E-state index < -0.39 is 5.97 Å². The van der Waals surface area contributed by atoms with Gasteiger partial charge < -0.3 is 4.74 Å². The molecule has 82 valence electrons. The number of ether oxygens (including phenoxy) is 1. The van der Waals surface area contributed by atoms with Crippen molar-refractivity contribution in [2.45, 2.75) is 13.3 Å². The van der Waals surface area contributed by atoms with Gasteiger partial charge in [-0.25, -0.2) is 14.9 Å². The molecule has 7 heteroatoms. The Balaban J connectivity index is 3.13. The van der Waals surface area contributed by atoms with Gasteiger partial charge in [-0.3, -0.25) is 0 Å². The van der Waals surface area contributed by atoms with Crippen LogP contribution in [0.5, 0.6) is 0 Å². The van der Waals surface area contributed by atoms with Crippen molar-refractivity contribution in [2.24, 2.45) is 0 Å². The third-order valence-electron chi connectivity index (χ3n) is 1.06. The average molecular weight is 208 g/mol. The molecule has 0 radical (unpaired) electrons. The van der Waals surface area contributed by atoms with Gasteiger partial charge in [-0.1, -0.05) is 6.58 Å². The van der Waals surface area contributed by atoms with Crippen molar-refractivity contribution in [1.29, 1.82) is 0 Å². The Bertz CT molecular complexity index is 179. The molecular formula is C7H12O7. The lowest BCUT2D eigenvalue weighted by Crippen LogP contribution is -2.08. The molecule has 14 heavy (non-hydrogen) atoms. The van der Waals surface area contributed by atoms with Gasteiger partial charge in [0.15, 0.2) is 0 Å². The van der Waals surface area contributed by atoms with Crippen LogP contribution in [0.1, 0.15) is 13.3 Å². The molecule has 0 rings (SSSR count). The van der Waals surface area contributed by atoms with Crippen LogP contribution < -0.4 is 0 Å². The molecule has 0 unspecified atom stereocenters. The van der Waals surface area contributed by atoms with Gasteiger partial charge in [0, 0.05) is 12.0 Å². The minimum atomic E-state index is -0.458. The quantitative estimate of drug-likeness (QED) is 0.207. The fourth-order valence-corrected chi connectivity index (χ4v) is 0.472. The molecular weight excluding hydrogens is 196 g/mol. The highest BCUT2D eigenvalue weighted by atomic mass is 17.8. The van der Waals surface area contributed by atoms with E-state index in [0.29, 0.717) is 12.0 Å². The first kappa shape index (κ1) is 13.0. The molecule has 0 bridgehead atoms. The maximum atomic E-state index is 10.8. The zero-order chi connectivity index (χ0) is 10.8. The van der Waals surface area contributed by atoms with E-state index in [1.54, 1.807) is 6.92 Å². The molecule has 0 aromatic rings. The van der Waals surface area contributed by atoms with Crippen LogP contribution >= 0.6 is 0 Å². The second kappa shape index (κ2) is 8.60. The topological polar surface area (TPSA) is 83.5 Å². The Labute approximate surface area is 80.5 Å². The monoisotopic (exact) mass is 208 g/mol. The molecule has 7 nitrogen and oxygen atoms in total. The molecule has 1 N–H and O–H groups in total. The van der Waals surface area contributed by atoms with Crippen LogP contribution in [0.4, 0.5) is 0 Å². The van der Waals surface area contributed by atoms with Gasteiger partial charge >= 0.3 is 5.97 Å². The second-order valence-electron chi connectivity index (χ2n) is 2.30. The number of rotatable bonds is 8. The summed E-state index contributed by atoms with van der Waals surface area (Å²) in [6.45, 7) is 5.24. The van der Waals surface area contributed by atoms with Gasteiger partial charge in [-0.05, 0) is 22.0 Å². The highest BCUT2D eigenvalue weighted by Gasteiger charge is 2.01. The van der Waals surface area contributed by atoms with Crippen molar-refractivity contribution >= 4 is 5.97 Å². The zero-order valence-electron chi connectivity index (χ0n) is 7.73. The molecule has 0 saturated heterocycles. The predicted octanol–water partition coefficient (Wildman–Crippen LogP) is 0.780. The Kier molecular flexibility index (Phi) is 7.99. The number of carbonyl (C=O) groups is 1. The number of hydrogen-bond acceptors (Lipinski definition) is 7. The predicted molar refractivity (Wildman–Crippen MR) is 42.2 cm³/mol. The highest BCUT2D eigenvalue weighted by molar-refractivity contribution is 5.86. The van der Waals surface area contributed by atoms with E-state index in [0.717, 1.165) is 0 Å². The SMILES string of the molecule is C=C(C)C(=O)OCCCOOOOO. The molecule has 0 aliphatic carbocycles. The third-order valence-corrected chi connectivity index (χ3v) is 1.06. The van der Waals surface area contributed by atoms with Crippen molar-refractivity contribution < 1.29 is 34.8 Å². The van der Waals surface area contributed by atoms with Crippen molar-refractivity contribution in [3.05, 3.63) is 12.2 Å². The van der Waals surface area contributed by atoms with E-state index in [4.69, 9.17) is 9.99 Å². The van der Waals surface area contributed by atoms with Crippen LogP contribution in [-0.2, 0) is 29.5 Å². The fraction of sp³-hybridized carbons (Fsp3) is 0.571. The average Bonchev–Trinajstić information content (AvgIpc) is 2.16. The fourth-order valence-electron chi connectivity index (χ4n) is 0.472. The Morgan fingerprint density at radius 2 is 2.07 bits per heavy atom. The molecule has 0 fully saturated rings. The van der Waals surface area contributed by atoms with Crippen LogP contribution in [0.2, 0.25) is 0 Å². The van der Waals surface area contributed by atoms with Gasteiger partial charge in [0.25, 0.3) is 0 Å². The summed E-state index contributed by atoms with van der Waals surface area (Å²) in [5.74, 6) is -0.458. The second-order valence-corrected chi connectivity index (χ2v) is 2.30. The number of carbonyl (C=O) groups excluding carboxylic acids is 1. The summed E-state index contributed by atoms with van der Waals surface area (Å²) in [4.78, 5) is 15.1. The summed E-state index contributed by atoms with van der Waals surface area (Å²) in [5.41, 5.74) is 0.333. The first-order valence-corrected chi connectivity index (χ1v) is 3.77. The van der Waals surface area contributed by atoms with Gasteiger partial charge in [0.05, 0.1) is 13.2 Å². The maximum absolute atomic E-state index is 10.8. The van der Waals surface area contributed by atoms with Crippen molar-refractivity contribution in [1.82, 2.24) is 0 Å². The minimum Gasteiger partial charge on any atom is -0.462 e. The lowest BCUT2D eigenvalue weighted by Gasteiger charge is -2.03. The van der Waals surface area contributed by atoms with Gasteiger partial charge in [0.1, 0.15) is 0 Å². The van der Waals surface area contributed by atoms with Gasteiger partial charge in [0.2, 0.25) is 0 Å². The molecule has 0 saturated carbocycles. The first-order valence-electron chi connectivity index (χ1n) is 3.77. The minimum absolute atomic E-state index is 0.118. The summed E-state index contributed by atoms with van der Waals surface area (Å²) in [6.07, 6.45) is 0.411. The van der Waals surface area contributed by atoms with E-state index in [9.17, 15) is 4.79 Å². The van der Waals surface area contributed by atoms with E-state index in [1.165, 1.54) is 0 Å². The molecule has 0 aromatic heterocycles. The molecule has 0 aliphatic heterocycles. The summed E-state index contributed by atoms with van der Waals surface area (Å²) in [6, 6.07) is 0. The van der Waals surface area contributed by atoms with E-state index in [2.05, 4.69) is 26.6 Å². The van der Waals surface area contributed by atoms with Gasteiger partial charge in [-0.2, -0.15) is 0 Å². The number of hydrogen-bond donors (Lipinski definition) is 1. The van der Waals surface area contributed by atoms with Crippen LogP contribution in [-0.4, -0.2) is 24.4 Å². The lowest BCUT2D eigenvalue weighted by atomic mass is 10.4. The Hall–Kier alpha value is -0.990. The summed E-state index contributed by atoms with van der Waals surface area (Å²) < 4.78 is 4.71. The third kappa shape index (κ3) is 7.65. The molecule has 0 amide bonds. The molecule has 0 aliphatic rings. The largest absolute Gasteiger partial charge is 0.462 e. The molecule has 0 atom stereocenters. The normalized spacial score (nSPS) is 9.86. The van der Waals surface area contributed by atoms with Crippen LogP contribution in [0.25, 0.3) is 0 Å². The van der Waals surface area contributed by atoms with E-state index in [-0.39, 0.29) is 13.2 Å². The lowest BCUT2D eigenvalue weighted by molar-refractivity contribution is -0.702. The summed E-state index contributed by atoms with van der Waals surface area (Å²) >= 11 is 0. The van der Waals surface area contributed by atoms with E-state index >= 15 is 0 Å². The van der Waals surface area contributed by atoms with Crippen molar-refractivity contribution in [2.75, 3.05) is 13.2 Å². The zero-order valence-corrected chi connectivity index (χ0v) is 7.73. The highest BCUT2D eigenvalue weighted by Crippen LogP contribution is 1.94. The van der Waals surface area contributed by atoms with Crippen LogP contribution in [0.15, 0.2) is 12.2 Å². The molecule has 0 spiro atoms. The smallest absolute Gasteiger partial charge is 0.333 e. The summed E-state index contributed by atoms with van der Waals surface area (Å²) in [5, 5.41) is 18.0. The maximum Gasteiger partial charge on any atom is 0.333 e. The van der Waals surface area contributed by atoms with Gasteiger partial charge in [-0.15, -0.1) is 0 Å². The first-order chi connectivity index (χ1) is 6.68. The Morgan fingerprint density at radius 1 is 1.36 bits per heavy atom. The Morgan fingerprint density at radius 3 is 2.64 bits per heavy atom. The molecule has 0 aromatic carbocycles. The van der Waals surface area contributed by atoms with Crippen LogP contribution in [0, 0.1) is 0 Å². The van der Waals surface area contributed by atoms with Crippen molar-refractivity contribution in [3.8, 4) is 0 Å². The van der Waals surface area contributed by atoms with Crippen LogP contribution in [0.3, 0.4) is 0 Å². The summed E-state index contributed by atoms with van der Waals surface area (Å²) in [7, 11) is 0. The van der Waals surface area contributed by atoms with E-state index in [1.807, 2.05) is 0 Å². The standard InChI is InChI=1S/C7H12O7/c1-6(2)7(8)10-4-3-5-11-13-14-12-9/h9H,1,3-5H2,2H3.